The van der Waals surface area contributed by atoms with Crippen LogP contribution in [0, 0.1) is 10.8 Å². The molecule has 11 heavy (non-hydrogen) atoms. The largest absolute Gasteiger partial charge is 0.325 e. The van der Waals surface area contributed by atoms with Crippen LogP contribution >= 0.6 is 0 Å². The Bertz CT molecular complexity index is 266. The van der Waals surface area contributed by atoms with Crippen molar-refractivity contribution in [3.05, 3.63) is 23.3 Å². The highest BCUT2D eigenvalue weighted by Gasteiger charge is 2.24. The average Bonchev–Trinajstić information content (AvgIpc) is 2.30. The van der Waals surface area contributed by atoms with E-state index in [0.717, 1.165) is 24.0 Å². The molecule has 0 atom stereocenters. The number of rotatable bonds is 0. The molecule has 0 unspecified atom stereocenters. The van der Waals surface area contributed by atoms with Crippen LogP contribution in [0.15, 0.2) is 23.3 Å². The quantitative estimate of drug-likeness (QED) is 0.473. The summed E-state index contributed by atoms with van der Waals surface area (Å²) in [5, 5.41) is 17.6. The second kappa shape index (κ2) is 2.05. The minimum atomic E-state index is 0.376. The standard InChI is InChI=1S/C8H9N3/c9-7-5-3-1-2-4-6(5)8(10)11-7/h3-4H,1-2H2,(H3,9,10,11). The van der Waals surface area contributed by atoms with Crippen molar-refractivity contribution in [2.75, 3.05) is 0 Å². The van der Waals surface area contributed by atoms with Gasteiger partial charge in [0, 0.05) is 11.1 Å². The van der Waals surface area contributed by atoms with E-state index in [0.29, 0.717) is 11.7 Å². The number of amidine groups is 2. The first-order chi connectivity index (χ1) is 5.29. The molecule has 0 aromatic rings. The molecule has 56 valence electrons. The summed E-state index contributed by atoms with van der Waals surface area (Å²) in [5.41, 5.74) is 1.81. The van der Waals surface area contributed by atoms with Gasteiger partial charge in [-0.15, -0.1) is 0 Å². The highest BCUT2D eigenvalue weighted by atomic mass is 15.0. The van der Waals surface area contributed by atoms with E-state index in [1.165, 1.54) is 0 Å². The van der Waals surface area contributed by atoms with Crippen LogP contribution in [0.5, 0.6) is 0 Å². The second-order valence-electron chi connectivity index (χ2n) is 2.69. The van der Waals surface area contributed by atoms with E-state index in [9.17, 15) is 0 Å². The summed E-state index contributed by atoms with van der Waals surface area (Å²) in [6.45, 7) is 0. The molecule has 1 fully saturated rings. The molecule has 3 nitrogen and oxygen atoms in total. The van der Waals surface area contributed by atoms with E-state index in [4.69, 9.17) is 10.8 Å². The SMILES string of the molecule is N=C1NC(=N)C2=CCCC=C12. The zero-order chi connectivity index (χ0) is 7.84. The number of fused-ring (bicyclic) bond motifs is 1. The summed E-state index contributed by atoms with van der Waals surface area (Å²) in [6.07, 6.45) is 6.03. The molecule has 1 heterocycles. The molecule has 0 radical (unpaired) electrons. The van der Waals surface area contributed by atoms with Crippen LogP contribution in [0.2, 0.25) is 0 Å². The van der Waals surface area contributed by atoms with Gasteiger partial charge in [-0.25, -0.2) is 0 Å². The normalized spacial score (nSPS) is 22.2. The van der Waals surface area contributed by atoms with Gasteiger partial charge in [-0.3, -0.25) is 10.8 Å². The summed E-state index contributed by atoms with van der Waals surface area (Å²) in [7, 11) is 0. The molecule has 1 saturated heterocycles. The van der Waals surface area contributed by atoms with E-state index in [1.54, 1.807) is 0 Å². The Labute approximate surface area is 64.8 Å². The fourth-order valence-electron chi connectivity index (χ4n) is 1.41. The van der Waals surface area contributed by atoms with Crippen LogP contribution < -0.4 is 5.32 Å². The van der Waals surface area contributed by atoms with Crippen molar-refractivity contribution in [2.45, 2.75) is 12.8 Å². The minimum Gasteiger partial charge on any atom is -0.325 e. The Hall–Kier alpha value is -1.38. The lowest BCUT2D eigenvalue weighted by Crippen LogP contribution is -2.18. The summed E-state index contributed by atoms with van der Waals surface area (Å²) >= 11 is 0. The van der Waals surface area contributed by atoms with Crippen molar-refractivity contribution in [1.29, 1.82) is 10.8 Å². The lowest BCUT2D eigenvalue weighted by molar-refractivity contribution is 1.02. The third-order valence-electron chi connectivity index (χ3n) is 1.94. The lowest BCUT2D eigenvalue weighted by atomic mass is 10.00. The Balaban J connectivity index is 2.49. The highest BCUT2D eigenvalue weighted by Crippen LogP contribution is 2.23. The number of allylic oxidation sites excluding steroid dienone is 2. The molecular weight excluding hydrogens is 138 g/mol. The Morgan fingerprint density at radius 3 is 1.91 bits per heavy atom. The van der Waals surface area contributed by atoms with E-state index < -0.39 is 0 Å². The van der Waals surface area contributed by atoms with E-state index in [-0.39, 0.29) is 0 Å². The number of hydrogen-bond donors (Lipinski definition) is 3. The monoisotopic (exact) mass is 147 g/mol. The maximum atomic E-state index is 7.44. The molecule has 1 aliphatic heterocycles. The maximum Gasteiger partial charge on any atom is 0.131 e. The smallest absolute Gasteiger partial charge is 0.131 e. The summed E-state index contributed by atoms with van der Waals surface area (Å²) < 4.78 is 0. The van der Waals surface area contributed by atoms with Crippen molar-refractivity contribution in [3.8, 4) is 0 Å². The zero-order valence-corrected chi connectivity index (χ0v) is 6.07. The first-order valence-electron chi connectivity index (χ1n) is 3.64. The molecule has 0 aromatic heterocycles. The molecule has 2 aliphatic rings. The summed E-state index contributed by atoms with van der Waals surface area (Å²) in [6, 6.07) is 0. The third-order valence-corrected chi connectivity index (χ3v) is 1.94. The second-order valence-corrected chi connectivity index (χ2v) is 2.69. The lowest BCUT2D eigenvalue weighted by Gasteiger charge is -2.03. The van der Waals surface area contributed by atoms with Gasteiger partial charge in [0.15, 0.2) is 0 Å². The molecule has 3 heteroatoms. The minimum absolute atomic E-state index is 0.376. The van der Waals surface area contributed by atoms with Gasteiger partial charge in [-0.2, -0.15) is 0 Å². The van der Waals surface area contributed by atoms with Gasteiger partial charge in [-0.05, 0) is 12.8 Å². The fourth-order valence-corrected chi connectivity index (χ4v) is 1.41. The molecule has 2 rings (SSSR count). The molecular formula is C8H9N3. The van der Waals surface area contributed by atoms with Crippen LogP contribution in [0.4, 0.5) is 0 Å². The van der Waals surface area contributed by atoms with Crippen molar-refractivity contribution in [3.63, 3.8) is 0 Å². The Morgan fingerprint density at radius 1 is 1.00 bits per heavy atom. The number of hydrogen-bond acceptors (Lipinski definition) is 2. The highest BCUT2D eigenvalue weighted by molar-refractivity contribution is 6.26. The van der Waals surface area contributed by atoms with Crippen molar-refractivity contribution in [2.24, 2.45) is 0 Å². The van der Waals surface area contributed by atoms with Gasteiger partial charge in [0.25, 0.3) is 0 Å². The maximum absolute atomic E-state index is 7.44. The van der Waals surface area contributed by atoms with Crippen LogP contribution in [0.3, 0.4) is 0 Å². The molecule has 0 spiro atoms. The topological polar surface area (TPSA) is 59.7 Å². The van der Waals surface area contributed by atoms with Gasteiger partial charge >= 0.3 is 0 Å². The van der Waals surface area contributed by atoms with Gasteiger partial charge in [0.2, 0.25) is 0 Å². The first-order valence-corrected chi connectivity index (χ1v) is 3.64. The van der Waals surface area contributed by atoms with Crippen LogP contribution in [0.1, 0.15) is 12.8 Å². The Morgan fingerprint density at radius 2 is 1.45 bits per heavy atom. The third kappa shape index (κ3) is 0.808. The predicted octanol–water partition coefficient (Wildman–Crippen LogP) is 1.19. The van der Waals surface area contributed by atoms with Crippen LogP contribution in [-0.2, 0) is 0 Å². The number of nitrogens with one attached hydrogen (secondary N) is 3. The van der Waals surface area contributed by atoms with E-state index >= 15 is 0 Å². The predicted molar refractivity (Wildman–Crippen MR) is 44.0 cm³/mol. The molecule has 0 saturated carbocycles. The summed E-state index contributed by atoms with van der Waals surface area (Å²) in [4.78, 5) is 0. The van der Waals surface area contributed by atoms with Crippen molar-refractivity contribution < 1.29 is 0 Å². The average molecular weight is 147 g/mol. The summed E-state index contributed by atoms with van der Waals surface area (Å²) in [5.74, 6) is 0.752. The molecule has 0 bridgehead atoms. The van der Waals surface area contributed by atoms with Gasteiger partial charge in [0.05, 0.1) is 0 Å². The van der Waals surface area contributed by atoms with E-state index in [2.05, 4.69) is 5.32 Å². The Kier molecular flexibility index (Phi) is 1.18. The van der Waals surface area contributed by atoms with Crippen LogP contribution in [-0.4, -0.2) is 11.7 Å². The van der Waals surface area contributed by atoms with Crippen molar-refractivity contribution >= 4 is 11.7 Å². The fraction of sp³-hybridized carbons (Fsp3) is 0.250. The van der Waals surface area contributed by atoms with Crippen LogP contribution in [0.25, 0.3) is 0 Å². The molecule has 3 N–H and O–H groups in total. The first kappa shape index (κ1) is 6.34. The van der Waals surface area contributed by atoms with Gasteiger partial charge in [0.1, 0.15) is 11.7 Å². The molecule has 0 amide bonds. The van der Waals surface area contributed by atoms with Gasteiger partial charge < -0.3 is 5.32 Å². The molecule has 1 aliphatic carbocycles. The van der Waals surface area contributed by atoms with Gasteiger partial charge in [-0.1, -0.05) is 12.2 Å². The van der Waals surface area contributed by atoms with E-state index in [1.807, 2.05) is 12.2 Å². The molecule has 0 aromatic carbocycles. The van der Waals surface area contributed by atoms with Crippen molar-refractivity contribution in [1.82, 2.24) is 5.32 Å². The zero-order valence-electron chi connectivity index (χ0n) is 6.07.